The minimum absolute atomic E-state index is 0.0328. The maximum atomic E-state index is 12.9. The van der Waals surface area contributed by atoms with E-state index >= 15 is 0 Å². The van der Waals surface area contributed by atoms with Gasteiger partial charge in [-0.05, 0) is 19.8 Å². The van der Waals surface area contributed by atoms with Crippen LogP contribution in [0.1, 0.15) is 97.3 Å². The fraction of sp³-hybridized carbons (Fsp3) is 0.622. The van der Waals surface area contributed by atoms with Crippen LogP contribution in [0.25, 0.3) is 0 Å². The van der Waals surface area contributed by atoms with Crippen LogP contribution >= 0.6 is 0 Å². The molecular formula is C45H67N9O20. The van der Waals surface area contributed by atoms with Crippen molar-refractivity contribution in [2.24, 2.45) is 5.73 Å². The Bertz CT molecular complexity index is 2090. The monoisotopic (exact) mass is 1050 g/mol. The number of amides is 8. The molecule has 74 heavy (non-hydrogen) atoms. The number of hydrogen-bond donors (Lipinski definition) is 8. The van der Waals surface area contributed by atoms with Gasteiger partial charge in [-0.3, -0.25) is 81.5 Å². The van der Waals surface area contributed by atoms with Crippen LogP contribution in [0.2, 0.25) is 0 Å². The molecule has 0 aromatic heterocycles. The fourth-order valence-corrected chi connectivity index (χ4v) is 6.19. The number of carboxylic acids is 3. The molecule has 29 heteroatoms. The van der Waals surface area contributed by atoms with Gasteiger partial charge in [0.1, 0.15) is 50.1 Å². The molecule has 29 nitrogen and oxygen atoms in total. The molecule has 412 valence electrons. The van der Waals surface area contributed by atoms with Gasteiger partial charge in [0.15, 0.2) is 17.3 Å². The summed E-state index contributed by atoms with van der Waals surface area (Å²) < 4.78 is 0. The predicted octanol–water partition coefficient (Wildman–Crippen LogP) is -4.50. The molecule has 0 radical (unpaired) electrons. The molecule has 8 amide bonds. The van der Waals surface area contributed by atoms with Crippen LogP contribution in [-0.4, -0.2) is 220 Å². The molecule has 0 aliphatic heterocycles. The number of unbranched alkanes of at least 4 members (excludes halogenated alkanes) is 1. The van der Waals surface area contributed by atoms with Crippen LogP contribution < -0.4 is 27.0 Å². The average molecular weight is 1050 g/mol. The van der Waals surface area contributed by atoms with E-state index in [1.807, 2.05) is 6.92 Å². The Morgan fingerprint density at radius 3 is 1.19 bits per heavy atom. The van der Waals surface area contributed by atoms with Crippen LogP contribution in [0.3, 0.4) is 0 Å². The molecule has 0 rings (SSSR count). The summed E-state index contributed by atoms with van der Waals surface area (Å²) in [4.78, 5) is 210. The van der Waals surface area contributed by atoms with Gasteiger partial charge in [-0.25, -0.2) is 0 Å². The molecule has 0 aliphatic rings. The van der Waals surface area contributed by atoms with Crippen molar-refractivity contribution in [2.45, 2.75) is 97.3 Å². The number of nitrogens with two attached hydrogens (primary N) is 1. The zero-order chi connectivity index (χ0) is 56.3. The summed E-state index contributed by atoms with van der Waals surface area (Å²) in [6, 6.07) is 0. The number of Topliss-reactive ketones (excluding diaryl/α,β-unsaturated/α-hetero) is 6. The summed E-state index contributed by atoms with van der Waals surface area (Å²) in [7, 11) is 0. The van der Waals surface area contributed by atoms with Crippen LogP contribution in [0.15, 0.2) is 0 Å². The highest BCUT2D eigenvalue weighted by Crippen LogP contribution is 2.05. The van der Waals surface area contributed by atoms with Crippen LogP contribution in [0.4, 0.5) is 0 Å². The number of rotatable bonds is 42. The highest BCUT2D eigenvalue weighted by atomic mass is 16.4. The maximum absolute atomic E-state index is 12.9. The number of aliphatic carboxylic acids is 3. The molecule has 0 bridgehead atoms. The van der Waals surface area contributed by atoms with Gasteiger partial charge < -0.3 is 61.9 Å². The van der Waals surface area contributed by atoms with Crippen molar-refractivity contribution in [2.75, 3.05) is 85.1 Å². The SMILES string of the molecule is CCCCC(=O)CCC(=O)NCC(=O)N(CC(=O)O)CC(=O)NCC(=O)CCC(=O)N(CC(=O)O)CC(=O)CCCNC(=O)CN(CC(C)=O)C(=O)CNC(=O)CCC(=O)CN(CC(=O)O)C(=O)CCC(=O)CN. The van der Waals surface area contributed by atoms with Crippen molar-refractivity contribution in [1.82, 2.24) is 40.9 Å². The zero-order valence-corrected chi connectivity index (χ0v) is 41.5. The first-order valence-electron chi connectivity index (χ1n) is 23.4. The fourth-order valence-electron chi connectivity index (χ4n) is 6.19. The third kappa shape index (κ3) is 32.9. The molecule has 0 heterocycles. The van der Waals surface area contributed by atoms with Crippen LogP contribution in [-0.2, 0) is 81.5 Å². The Hall–Kier alpha value is -7.85. The Labute approximate surface area is 425 Å². The molecule has 0 atom stereocenters. The molecule has 0 spiro atoms. The number of nitrogens with zero attached hydrogens (tertiary/aromatic N) is 4. The smallest absolute Gasteiger partial charge is 0.323 e. The van der Waals surface area contributed by atoms with Gasteiger partial charge in [0.05, 0.1) is 45.8 Å². The maximum Gasteiger partial charge on any atom is 0.323 e. The lowest BCUT2D eigenvalue weighted by atomic mass is 10.1. The highest BCUT2D eigenvalue weighted by Gasteiger charge is 2.25. The van der Waals surface area contributed by atoms with E-state index in [4.69, 9.17) is 10.8 Å². The number of carbonyl (C=O) groups is 17. The van der Waals surface area contributed by atoms with Crippen molar-refractivity contribution < 1.29 is 96.8 Å². The first kappa shape index (κ1) is 66.1. The summed E-state index contributed by atoms with van der Waals surface area (Å²) in [5.74, 6) is -14.3. The summed E-state index contributed by atoms with van der Waals surface area (Å²) in [6.45, 7) is -5.62. The van der Waals surface area contributed by atoms with Crippen molar-refractivity contribution in [1.29, 1.82) is 0 Å². The number of carbonyl (C=O) groups excluding carboxylic acids is 14. The lowest BCUT2D eigenvalue weighted by molar-refractivity contribution is -0.146. The van der Waals surface area contributed by atoms with E-state index in [0.717, 1.165) is 18.2 Å². The zero-order valence-electron chi connectivity index (χ0n) is 41.5. The van der Waals surface area contributed by atoms with Gasteiger partial charge in [0, 0.05) is 70.8 Å². The van der Waals surface area contributed by atoms with E-state index < -0.39 is 192 Å². The minimum atomic E-state index is -1.49. The Morgan fingerprint density at radius 2 is 0.743 bits per heavy atom. The first-order chi connectivity index (χ1) is 34.8. The third-order valence-electron chi connectivity index (χ3n) is 10.1. The molecule has 0 fully saturated rings. The highest BCUT2D eigenvalue weighted by molar-refractivity contribution is 5.96. The number of hydrogen-bond acceptors (Lipinski definition) is 18. The van der Waals surface area contributed by atoms with E-state index in [0.29, 0.717) is 27.5 Å². The quantitative estimate of drug-likeness (QED) is 0.0267. The van der Waals surface area contributed by atoms with Gasteiger partial charge >= 0.3 is 17.9 Å². The van der Waals surface area contributed by atoms with Crippen LogP contribution in [0.5, 0.6) is 0 Å². The Balaban J connectivity index is 5.00. The normalized spacial score (nSPS) is 10.4. The average Bonchev–Trinajstić information content (AvgIpc) is 3.32. The lowest BCUT2D eigenvalue weighted by Crippen LogP contribution is -2.47. The molecule has 0 saturated heterocycles. The van der Waals surface area contributed by atoms with Gasteiger partial charge in [-0.2, -0.15) is 0 Å². The molecule has 0 saturated carbocycles. The lowest BCUT2D eigenvalue weighted by Gasteiger charge is -2.21. The number of ketones is 6. The standard InChI is InChI=1S/C45H67N9O20/c1-3-4-6-30(56)8-12-35(61)50-20-42(68)54(28-45(73)74)25-38(64)48-18-32(58)11-15-40(66)52(26-43(69)70)22-33(59)7-5-16-47-37(63)24-51(21-29(2)55)41(67)19-49-36(62)13-9-34(60)23-53(27-44(71)72)39(65)14-10-31(57)17-46/h3-28,46H2,1-2H3,(H,47,63)(H,48,64)(H,49,62)(H,50,61)(H,69,70)(H,71,72)(H,73,74). The second kappa shape index (κ2) is 37.0. The minimum Gasteiger partial charge on any atom is -0.480 e. The number of nitrogens with one attached hydrogen (secondary N) is 4. The van der Waals surface area contributed by atoms with Gasteiger partial charge in [0.25, 0.3) is 0 Å². The second-order valence-corrected chi connectivity index (χ2v) is 16.7. The van der Waals surface area contributed by atoms with Crippen molar-refractivity contribution in [3.8, 4) is 0 Å². The molecule has 0 aliphatic carbocycles. The van der Waals surface area contributed by atoms with E-state index in [1.165, 1.54) is 0 Å². The van der Waals surface area contributed by atoms with Gasteiger partial charge in [-0.15, -0.1) is 0 Å². The van der Waals surface area contributed by atoms with Gasteiger partial charge in [-0.1, -0.05) is 13.3 Å². The van der Waals surface area contributed by atoms with Crippen LogP contribution in [0, 0.1) is 0 Å². The molecule has 0 aromatic rings. The van der Waals surface area contributed by atoms with E-state index in [9.17, 15) is 91.7 Å². The summed E-state index contributed by atoms with van der Waals surface area (Å²) >= 11 is 0. The molecular weight excluding hydrogens is 987 g/mol. The predicted molar refractivity (Wildman–Crippen MR) is 252 cm³/mol. The summed E-state index contributed by atoms with van der Waals surface area (Å²) in [5, 5.41) is 36.7. The molecule has 9 N–H and O–H groups in total. The topological polar surface area (TPSA) is 438 Å². The largest absolute Gasteiger partial charge is 0.480 e. The molecule has 0 unspecified atom stereocenters. The summed E-state index contributed by atoms with van der Waals surface area (Å²) in [6.07, 6.45) is -1.50. The van der Waals surface area contributed by atoms with Gasteiger partial charge in [0.2, 0.25) is 47.3 Å². The van der Waals surface area contributed by atoms with E-state index in [1.54, 1.807) is 0 Å². The third-order valence-corrected chi connectivity index (χ3v) is 10.1. The molecule has 0 aromatic carbocycles. The number of carboxylic acid groups (broad SMARTS) is 3. The van der Waals surface area contributed by atoms with E-state index in [-0.39, 0.29) is 57.4 Å². The Morgan fingerprint density at radius 1 is 0.365 bits per heavy atom. The first-order valence-corrected chi connectivity index (χ1v) is 23.4. The second-order valence-electron chi connectivity index (χ2n) is 16.7. The van der Waals surface area contributed by atoms with Crippen molar-refractivity contribution in [3.63, 3.8) is 0 Å². The van der Waals surface area contributed by atoms with Crippen molar-refractivity contribution >= 4 is 99.9 Å². The van der Waals surface area contributed by atoms with Crippen molar-refractivity contribution in [3.05, 3.63) is 0 Å². The summed E-state index contributed by atoms with van der Waals surface area (Å²) in [5.41, 5.74) is 5.20. The van der Waals surface area contributed by atoms with E-state index in [2.05, 4.69) is 21.3 Å². The Kier molecular flexibility index (Phi) is 33.1.